The molecule has 1 atom stereocenters. The molecule has 0 aromatic heterocycles. The number of aryl methyl sites for hydroxylation is 1. The standard InChI is InChI=1S/C17H29NO/c1-4-18-14-16(10-7-8-12-19-3)13-17-11-6-5-9-15(17)2/h5-6,9,11,16,18H,4,7-8,10,12-14H2,1-3H3. The molecule has 1 aromatic carbocycles. The van der Waals surface area contributed by atoms with Crippen LogP contribution in [-0.2, 0) is 11.2 Å². The van der Waals surface area contributed by atoms with Crippen LogP contribution in [0.4, 0.5) is 0 Å². The smallest absolute Gasteiger partial charge is 0.0462 e. The Morgan fingerprint density at radius 3 is 2.68 bits per heavy atom. The quantitative estimate of drug-likeness (QED) is 0.651. The number of methoxy groups -OCH3 is 1. The van der Waals surface area contributed by atoms with Gasteiger partial charge in [0.1, 0.15) is 0 Å². The number of rotatable bonds is 10. The normalized spacial score (nSPS) is 12.6. The van der Waals surface area contributed by atoms with Crippen molar-refractivity contribution in [1.82, 2.24) is 5.32 Å². The van der Waals surface area contributed by atoms with Crippen molar-refractivity contribution in [1.29, 1.82) is 0 Å². The SMILES string of the molecule is CCNCC(CCCCOC)Cc1ccccc1C. The lowest BCUT2D eigenvalue weighted by Gasteiger charge is -2.18. The van der Waals surface area contributed by atoms with Crippen molar-refractivity contribution < 1.29 is 4.74 Å². The number of unbranched alkanes of at least 4 members (excludes halogenated alkanes) is 1. The van der Waals surface area contributed by atoms with E-state index in [9.17, 15) is 0 Å². The summed E-state index contributed by atoms with van der Waals surface area (Å²) < 4.78 is 5.13. The minimum Gasteiger partial charge on any atom is -0.385 e. The van der Waals surface area contributed by atoms with Crippen molar-refractivity contribution in [2.75, 3.05) is 26.8 Å². The average Bonchev–Trinajstić information content (AvgIpc) is 2.43. The maximum Gasteiger partial charge on any atom is 0.0462 e. The average molecular weight is 263 g/mol. The number of ether oxygens (including phenoxy) is 1. The van der Waals surface area contributed by atoms with Crippen molar-refractivity contribution in [2.45, 2.75) is 39.5 Å². The summed E-state index contributed by atoms with van der Waals surface area (Å²) >= 11 is 0. The molecule has 1 unspecified atom stereocenters. The van der Waals surface area contributed by atoms with Crippen LogP contribution in [0.3, 0.4) is 0 Å². The van der Waals surface area contributed by atoms with Gasteiger partial charge in [0.15, 0.2) is 0 Å². The summed E-state index contributed by atoms with van der Waals surface area (Å²) in [5, 5.41) is 3.50. The molecule has 19 heavy (non-hydrogen) atoms. The molecule has 0 amide bonds. The van der Waals surface area contributed by atoms with Gasteiger partial charge in [-0.25, -0.2) is 0 Å². The van der Waals surface area contributed by atoms with Gasteiger partial charge in [-0.05, 0) is 56.3 Å². The molecule has 2 nitrogen and oxygen atoms in total. The molecule has 0 radical (unpaired) electrons. The van der Waals surface area contributed by atoms with Crippen LogP contribution in [-0.4, -0.2) is 26.8 Å². The zero-order valence-corrected chi connectivity index (χ0v) is 12.7. The maximum atomic E-state index is 5.13. The number of hydrogen-bond donors (Lipinski definition) is 1. The largest absolute Gasteiger partial charge is 0.385 e. The maximum absolute atomic E-state index is 5.13. The highest BCUT2D eigenvalue weighted by Gasteiger charge is 2.10. The van der Waals surface area contributed by atoms with E-state index in [1.165, 1.54) is 36.8 Å². The third-order valence-corrected chi connectivity index (χ3v) is 3.66. The molecular formula is C17H29NO. The van der Waals surface area contributed by atoms with Crippen LogP contribution in [0, 0.1) is 12.8 Å². The molecule has 1 rings (SSSR count). The van der Waals surface area contributed by atoms with E-state index in [1.807, 2.05) is 0 Å². The van der Waals surface area contributed by atoms with Gasteiger partial charge in [0.25, 0.3) is 0 Å². The van der Waals surface area contributed by atoms with Gasteiger partial charge in [0.2, 0.25) is 0 Å². The van der Waals surface area contributed by atoms with Crippen molar-refractivity contribution in [3.8, 4) is 0 Å². The highest BCUT2D eigenvalue weighted by Crippen LogP contribution is 2.17. The van der Waals surface area contributed by atoms with E-state index >= 15 is 0 Å². The molecular weight excluding hydrogens is 234 g/mol. The number of nitrogens with one attached hydrogen (secondary N) is 1. The van der Waals surface area contributed by atoms with Crippen LogP contribution in [0.25, 0.3) is 0 Å². The van der Waals surface area contributed by atoms with Crippen molar-refractivity contribution in [3.05, 3.63) is 35.4 Å². The van der Waals surface area contributed by atoms with Gasteiger partial charge in [-0.15, -0.1) is 0 Å². The van der Waals surface area contributed by atoms with Crippen LogP contribution in [0.2, 0.25) is 0 Å². The van der Waals surface area contributed by atoms with Gasteiger partial charge >= 0.3 is 0 Å². The van der Waals surface area contributed by atoms with Crippen molar-refractivity contribution >= 4 is 0 Å². The Balaban J connectivity index is 2.46. The van der Waals surface area contributed by atoms with Gasteiger partial charge in [0.05, 0.1) is 0 Å². The molecule has 0 aliphatic carbocycles. The van der Waals surface area contributed by atoms with Gasteiger partial charge < -0.3 is 10.1 Å². The summed E-state index contributed by atoms with van der Waals surface area (Å²) in [5.41, 5.74) is 2.91. The van der Waals surface area contributed by atoms with E-state index in [0.29, 0.717) is 0 Å². The zero-order valence-electron chi connectivity index (χ0n) is 12.7. The molecule has 0 saturated carbocycles. The topological polar surface area (TPSA) is 21.3 Å². The van der Waals surface area contributed by atoms with Crippen LogP contribution >= 0.6 is 0 Å². The second-order valence-electron chi connectivity index (χ2n) is 5.29. The van der Waals surface area contributed by atoms with E-state index in [4.69, 9.17) is 4.74 Å². The third kappa shape index (κ3) is 6.74. The lowest BCUT2D eigenvalue weighted by molar-refractivity contribution is 0.190. The molecule has 0 bridgehead atoms. The lowest BCUT2D eigenvalue weighted by Crippen LogP contribution is -2.24. The van der Waals surface area contributed by atoms with E-state index < -0.39 is 0 Å². The Hall–Kier alpha value is -0.860. The van der Waals surface area contributed by atoms with Crippen molar-refractivity contribution in [2.24, 2.45) is 5.92 Å². The summed E-state index contributed by atoms with van der Waals surface area (Å²) in [5.74, 6) is 0.734. The predicted octanol–water partition coefficient (Wildman–Crippen LogP) is 3.58. The van der Waals surface area contributed by atoms with E-state index in [0.717, 1.165) is 25.6 Å². The van der Waals surface area contributed by atoms with Gasteiger partial charge in [-0.2, -0.15) is 0 Å². The minimum atomic E-state index is 0.734. The molecule has 0 spiro atoms. The first-order valence-corrected chi connectivity index (χ1v) is 7.52. The summed E-state index contributed by atoms with van der Waals surface area (Å²) in [6, 6.07) is 8.75. The van der Waals surface area contributed by atoms with E-state index in [1.54, 1.807) is 7.11 Å². The first-order chi connectivity index (χ1) is 9.27. The Morgan fingerprint density at radius 2 is 2.00 bits per heavy atom. The Kier molecular flexibility index (Phi) is 8.52. The fourth-order valence-corrected chi connectivity index (χ4v) is 2.45. The third-order valence-electron chi connectivity index (χ3n) is 3.66. The molecule has 0 aliphatic rings. The highest BCUT2D eigenvalue weighted by atomic mass is 16.5. The van der Waals surface area contributed by atoms with Crippen LogP contribution in [0.1, 0.15) is 37.3 Å². The fourth-order valence-electron chi connectivity index (χ4n) is 2.45. The van der Waals surface area contributed by atoms with E-state index in [-0.39, 0.29) is 0 Å². The van der Waals surface area contributed by atoms with E-state index in [2.05, 4.69) is 43.4 Å². The predicted molar refractivity (Wildman–Crippen MR) is 82.6 cm³/mol. The Bertz CT molecular complexity index is 338. The zero-order chi connectivity index (χ0) is 13.9. The number of benzene rings is 1. The van der Waals surface area contributed by atoms with Crippen LogP contribution in [0.15, 0.2) is 24.3 Å². The molecule has 2 heteroatoms. The Morgan fingerprint density at radius 1 is 1.21 bits per heavy atom. The lowest BCUT2D eigenvalue weighted by atomic mass is 9.92. The van der Waals surface area contributed by atoms with Crippen LogP contribution < -0.4 is 5.32 Å². The molecule has 0 heterocycles. The summed E-state index contributed by atoms with van der Waals surface area (Å²) in [7, 11) is 1.78. The first kappa shape index (κ1) is 16.2. The van der Waals surface area contributed by atoms with Crippen LogP contribution in [0.5, 0.6) is 0 Å². The molecule has 108 valence electrons. The monoisotopic (exact) mass is 263 g/mol. The fraction of sp³-hybridized carbons (Fsp3) is 0.647. The Labute approximate surface area is 118 Å². The minimum absolute atomic E-state index is 0.734. The highest BCUT2D eigenvalue weighted by molar-refractivity contribution is 5.25. The molecule has 0 aliphatic heterocycles. The summed E-state index contributed by atoms with van der Waals surface area (Å²) in [4.78, 5) is 0. The van der Waals surface area contributed by atoms with Gasteiger partial charge in [0, 0.05) is 13.7 Å². The molecule has 1 N–H and O–H groups in total. The molecule has 0 saturated heterocycles. The first-order valence-electron chi connectivity index (χ1n) is 7.52. The van der Waals surface area contributed by atoms with Gasteiger partial charge in [-0.1, -0.05) is 37.6 Å². The molecule has 0 fully saturated rings. The molecule has 1 aromatic rings. The second kappa shape index (κ2) is 9.99. The number of hydrogen-bond acceptors (Lipinski definition) is 2. The second-order valence-corrected chi connectivity index (χ2v) is 5.29. The summed E-state index contributed by atoms with van der Waals surface area (Å²) in [6.45, 7) is 7.46. The van der Waals surface area contributed by atoms with Gasteiger partial charge in [-0.3, -0.25) is 0 Å². The van der Waals surface area contributed by atoms with Crippen molar-refractivity contribution in [3.63, 3.8) is 0 Å². The summed E-state index contributed by atoms with van der Waals surface area (Å²) in [6.07, 6.45) is 4.90.